The standard InChI is InChI=1S/C19H19N3OS/c1-12-11-14-7-3-5-9-16(14)22(12)18(23)13(2)20-19-21-15-8-4-6-10-17(15)24-19/h3-10,12-13H,11H2,1-2H3,(H,20,21)/t12-,13-/m1/s1. The van der Waals surface area contributed by atoms with E-state index in [2.05, 4.69) is 23.3 Å². The number of benzene rings is 2. The number of thiazole rings is 1. The first-order valence-electron chi connectivity index (χ1n) is 8.16. The van der Waals surface area contributed by atoms with Crippen molar-refractivity contribution in [3.8, 4) is 0 Å². The molecule has 1 aliphatic rings. The van der Waals surface area contributed by atoms with Crippen LogP contribution in [0.15, 0.2) is 48.5 Å². The molecule has 0 spiro atoms. The molecule has 1 aromatic heterocycles. The molecule has 1 N–H and O–H groups in total. The number of nitrogens with zero attached hydrogens (tertiary/aromatic N) is 2. The number of rotatable bonds is 3. The summed E-state index contributed by atoms with van der Waals surface area (Å²) in [5.74, 6) is 0.0895. The number of nitrogens with one attached hydrogen (secondary N) is 1. The minimum Gasteiger partial charge on any atom is -0.350 e. The van der Waals surface area contributed by atoms with Gasteiger partial charge in [0, 0.05) is 11.7 Å². The largest absolute Gasteiger partial charge is 0.350 e. The molecular weight excluding hydrogens is 318 g/mol. The summed E-state index contributed by atoms with van der Waals surface area (Å²) in [6.45, 7) is 4.00. The van der Waals surface area contributed by atoms with Crippen LogP contribution in [0.4, 0.5) is 10.8 Å². The lowest BCUT2D eigenvalue weighted by molar-refractivity contribution is -0.119. The molecule has 4 nitrogen and oxygen atoms in total. The van der Waals surface area contributed by atoms with Gasteiger partial charge in [-0.2, -0.15) is 0 Å². The Morgan fingerprint density at radius 3 is 2.83 bits per heavy atom. The summed E-state index contributed by atoms with van der Waals surface area (Å²) in [5.41, 5.74) is 3.24. The number of carbonyl (C=O) groups is 1. The van der Waals surface area contributed by atoms with Gasteiger partial charge in [0.2, 0.25) is 5.91 Å². The van der Waals surface area contributed by atoms with E-state index >= 15 is 0 Å². The van der Waals surface area contributed by atoms with E-state index in [9.17, 15) is 4.79 Å². The molecule has 0 bridgehead atoms. The van der Waals surface area contributed by atoms with Gasteiger partial charge in [0.15, 0.2) is 5.13 Å². The molecule has 3 aromatic rings. The van der Waals surface area contributed by atoms with Crippen molar-refractivity contribution in [3.05, 3.63) is 54.1 Å². The summed E-state index contributed by atoms with van der Waals surface area (Å²) >= 11 is 1.58. The predicted octanol–water partition coefficient (Wildman–Crippen LogP) is 4.07. The van der Waals surface area contributed by atoms with Crippen LogP contribution >= 0.6 is 11.3 Å². The summed E-state index contributed by atoms with van der Waals surface area (Å²) in [4.78, 5) is 19.5. The molecule has 1 aliphatic heterocycles. The molecule has 0 radical (unpaired) electrons. The minimum atomic E-state index is -0.320. The molecule has 122 valence electrons. The lowest BCUT2D eigenvalue weighted by atomic mass is 10.1. The van der Waals surface area contributed by atoms with Gasteiger partial charge in [0.25, 0.3) is 0 Å². The van der Waals surface area contributed by atoms with Crippen LogP contribution in [0.5, 0.6) is 0 Å². The van der Waals surface area contributed by atoms with Gasteiger partial charge >= 0.3 is 0 Å². The maximum atomic E-state index is 13.0. The van der Waals surface area contributed by atoms with E-state index in [-0.39, 0.29) is 18.0 Å². The predicted molar refractivity (Wildman–Crippen MR) is 99.8 cm³/mol. The number of hydrogen-bond donors (Lipinski definition) is 1. The van der Waals surface area contributed by atoms with E-state index < -0.39 is 0 Å². The van der Waals surface area contributed by atoms with E-state index in [1.54, 1.807) is 11.3 Å². The Labute approximate surface area is 145 Å². The average molecular weight is 337 g/mol. The second kappa shape index (κ2) is 5.91. The van der Waals surface area contributed by atoms with Gasteiger partial charge in [-0.1, -0.05) is 41.7 Å². The van der Waals surface area contributed by atoms with Crippen molar-refractivity contribution in [1.29, 1.82) is 0 Å². The van der Waals surface area contributed by atoms with E-state index in [0.29, 0.717) is 0 Å². The summed E-state index contributed by atoms with van der Waals surface area (Å²) in [5, 5.41) is 4.06. The van der Waals surface area contributed by atoms with Crippen molar-refractivity contribution in [3.63, 3.8) is 0 Å². The number of carbonyl (C=O) groups excluding carboxylic acids is 1. The van der Waals surface area contributed by atoms with Crippen LogP contribution in [-0.2, 0) is 11.2 Å². The molecule has 0 unspecified atom stereocenters. The van der Waals surface area contributed by atoms with Gasteiger partial charge < -0.3 is 10.2 Å². The molecule has 2 heterocycles. The number of amides is 1. The second-order valence-electron chi connectivity index (χ2n) is 6.24. The Morgan fingerprint density at radius 2 is 2.00 bits per heavy atom. The molecule has 5 heteroatoms. The smallest absolute Gasteiger partial charge is 0.249 e. The highest BCUT2D eigenvalue weighted by atomic mass is 32.1. The first kappa shape index (κ1) is 15.1. The number of fused-ring (bicyclic) bond motifs is 2. The Balaban J connectivity index is 1.56. The molecule has 0 aliphatic carbocycles. The molecule has 2 aromatic carbocycles. The molecule has 1 amide bonds. The van der Waals surface area contributed by atoms with Crippen molar-refractivity contribution in [1.82, 2.24) is 4.98 Å². The zero-order valence-electron chi connectivity index (χ0n) is 13.7. The van der Waals surface area contributed by atoms with E-state index in [0.717, 1.165) is 27.5 Å². The van der Waals surface area contributed by atoms with Crippen LogP contribution in [0.1, 0.15) is 19.4 Å². The molecule has 0 saturated heterocycles. The molecule has 24 heavy (non-hydrogen) atoms. The van der Waals surface area contributed by atoms with Gasteiger partial charge in [-0.05, 0) is 44.0 Å². The number of hydrogen-bond acceptors (Lipinski definition) is 4. The summed E-state index contributed by atoms with van der Waals surface area (Å²) in [6, 6.07) is 16.0. The molecule has 0 fully saturated rings. The minimum absolute atomic E-state index is 0.0895. The zero-order chi connectivity index (χ0) is 16.7. The quantitative estimate of drug-likeness (QED) is 0.783. The van der Waals surface area contributed by atoms with Crippen molar-refractivity contribution in [2.24, 2.45) is 0 Å². The van der Waals surface area contributed by atoms with Gasteiger partial charge in [-0.15, -0.1) is 0 Å². The van der Waals surface area contributed by atoms with Gasteiger partial charge in [0.1, 0.15) is 6.04 Å². The molecule has 2 atom stereocenters. The SMILES string of the molecule is C[C@@H]1Cc2ccccc2N1C(=O)[C@@H](C)Nc1nc2ccccc2s1. The summed E-state index contributed by atoms with van der Waals surface area (Å²) in [6.07, 6.45) is 0.912. The van der Waals surface area contributed by atoms with Gasteiger partial charge in [0.05, 0.1) is 10.2 Å². The van der Waals surface area contributed by atoms with E-state index in [4.69, 9.17) is 0 Å². The number of anilines is 2. The number of para-hydroxylation sites is 2. The summed E-state index contributed by atoms with van der Waals surface area (Å²) < 4.78 is 1.12. The fourth-order valence-electron chi connectivity index (χ4n) is 3.29. The maximum Gasteiger partial charge on any atom is 0.249 e. The highest BCUT2D eigenvalue weighted by molar-refractivity contribution is 7.22. The monoisotopic (exact) mass is 337 g/mol. The van der Waals surface area contributed by atoms with Crippen LogP contribution in [0.3, 0.4) is 0 Å². The highest BCUT2D eigenvalue weighted by Crippen LogP contribution is 2.33. The molecule has 0 saturated carbocycles. The van der Waals surface area contributed by atoms with Crippen molar-refractivity contribution < 1.29 is 4.79 Å². The average Bonchev–Trinajstić information content (AvgIpc) is 3.13. The third kappa shape index (κ3) is 2.55. The normalized spacial score (nSPS) is 17.8. The van der Waals surface area contributed by atoms with Gasteiger partial charge in [-0.25, -0.2) is 4.98 Å². The van der Waals surface area contributed by atoms with Crippen LogP contribution < -0.4 is 10.2 Å². The molecule has 4 rings (SSSR count). The van der Waals surface area contributed by atoms with Crippen LogP contribution in [0.25, 0.3) is 10.2 Å². The Hall–Kier alpha value is -2.40. The lowest BCUT2D eigenvalue weighted by Crippen LogP contribution is -2.44. The lowest BCUT2D eigenvalue weighted by Gasteiger charge is -2.26. The number of aromatic nitrogens is 1. The van der Waals surface area contributed by atoms with Crippen molar-refractivity contribution in [2.45, 2.75) is 32.4 Å². The fourth-order valence-corrected chi connectivity index (χ4v) is 4.24. The van der Waals surface area contributed by atoms with E-state index in [1.807, 2.05) is 54.3 Å². The third-order valence-corrected chi connectivity index (χ3v) is 5.42. The topological polar surface area (TPSA) is 45.2 Å². The van der Waals surface area contributed by atoms with E-state index in [1.165, 1.54) is 5.56 Å². The Kier molecular flexibility index (Phi) is 3.73. The van der Waals surface area contributed by atoms with Crippen LogP contribution in [0.2, 0.25) is 0 Å². The first-order chi connectivity index (χ1) is 11.6. The second-order valence-corrected chi connectivity index (χ2v) is 7.27. The van der Waals surface area contributed by atoms with Crippen LogP contribution in [-0.4, -0.2) is 23.0 Å². The third-order valence-electron chi connectivity index (χ3n) is 4.45. The molecular formula is C19H19N3OS. The van der Waals surface area contributed by atoms with Crippen LogP contribution in [0, 0.1) is 0 Å². The maximum absolute atomic E-state index is 13.0. The zero-order valence-corrected chi connectivity index (χ0v) is 14.5. The summed E-state index contributed by atoms with van der Waals surface area (Å²) in [7, 11) is 0. The van der Waals surface area contributed by atoms with Gasteiger partial charge in [-0.3, -0.25) is 4.79 Å². The Bertz CT molecular complexity index is 871. The highest BCUT2D eigenvalue weighted by Gasteiger charge is 2.33. The fraction of sp³-hybridized carbons (Fsp3) is 0.263. The van der Waals surface area contributed by atoms with Crippen molar-refractivity contribution >= 4 is 38.3 Å². The Morgan fingerprint density at radius 1 is 1.25 bits per heavy atom. The van der Waals surface area contributed by atoms with Crippen molar-refractivity contribution in [2.75, 3.05) is 10.2 Å². The first-order valence-corrected chi connectivity index (χ1v) is 8.98.